The molecule has 0 saturated heterocycles. The van der Waals surface area contributed by atoms with E-state index in [-0.39, 0.29) is 11.5 Å². The molecule has 22 heavy (non-hydrogen) atoms. The number of aryl methyl sites for hydroxylation is 3. The predicted octanol–water partition coefficient (Wildman–Crippen LogP) is 2.83. The van der Waals surface area contributed by atoms with Gasteiger partial charge in [0.25, 0.3) is 0 Å². The molecule has 0 spiro atoms. The molecule has 0 unspecified atom stereocenters. The normalized spacial score (nSPS) is 11.8. The van der Waals surface area contributed by atoms with Gasteiger partial charge in [0.15, 0.2) is 11.8 Å². The van der Waals surface area contributed by atoms with Crippen molar-refractivity contribution in [2.45, 2.75) is 33.8 Å². The van der Waals surface area contributed by atoms with E-state index in [1.807, 2.05) is 26.0 Å². The highest BCUT2D eigenvalue weighted by molar-refractivity contribution is 6.02. The summed E-state index contributed by atoms with van der Waals surface area (Å²) in [6.07, 6.45) is 1.94. The summed E-state index contributed by atoms with van der Waals surface area (Å²) in [5.74, 6) is -0.881. The van der Waals surface area contributed by atoms with E-state index < -0.39 is 12.1 Å². The standard InChI is InChI=1S/C17H18N2O3/c1-10-5-6-11(2)14(7-10)16(20)13(4)22-17(21)15-9-18-12(3)8-19-15/h5-9,13H,1-4H3/t13-/m0/s1. The summed E-state index contributed by atoms with van der Waals surface area (Å²) in [6.45, 7) is 7.10. The van der Waals surface area contributed by atoms with Gasteiger partial charge in [-0.05, 0) is 39.3 Å². The summed E-state index contributed by atoms with van der Waals surface area (Å²) in [5.41, 5.74) is 3.20. The Hall–Kier alpha value is -2.56. The third kappa shape index (κ3) is 3.55. The van der Waals surface area contributed by atoms with Gasteiger partial charge in [-0.15, -0.1) is 0 Å². The van der Waals surface area contributed by atoms with Crippen molar-refractivity contribution in [2.24, 2.45) is 0 Å². The van der Waals surface area contributed by atoms with E-state index in [1.54, 1.807) is 19.9 Å². The third-order valence-electron chi connectivity index (χ3n) is 3.30. The van der Waals surface area contributed by atoms with Crippen molar-refractivity contribution < 1.29 is 14.3 Å². The minimum atomic E-state index is -0.879. The number of benzene rings is 1. The van der Waals surface area contributed by atoms with Gasteiger partial charge in [-0.2, -0.15) is 0 Å². The van der Waals surface area contributed by atoms with Gasteiger partial charge in [0.1, 0.15) is 0 Å². The minimum Gasteiger partial charge on any atom is -0.449 e. The summed E-state index contributed by atoms with van der Waals surface area (Å²) in [6, 6.07) is 5.61. The van der Waals surface area contributed by atoms with Crippen LogP contribution in [0.5, 0.6) is 0 Å². The molecular weight excluding hydrogens is 280 g/mol. The number of aromatic nitrogens is 2. The van der Waals surface area contributed by atoms with Gasteiger partial charge in [-0.1, -0.05) is 17.7 Å². The summed E-state index contributed by atoms with van der Waals surface area (Å²) >= 11 is 0. The molecule has 0 bridgehead atoms. The molecule has 1 aromatic heterocycles. The smallest absolute Gasteiger partial charge is 0.359 e. The molecule has 0 saturated carbocycles. The minimum absolute atomic E-state index is 0.0891. The number of Topliss-reactive ketones (excluding diaryl/α,β-unsaturated/α-hetero) is 1. The molecule has 2 rings (SSSR count). The fourth-order valence-electron chi connectivity index (χ4n) is 1.99. The monoisotopic (exact) mass is 298 g/mol. The molecule has 0 aliphatic rings. The van der Waals surface area contributed by atoms with E-state index in [0.717, 1.165) is 11.1 Å². The second-order valence-corrected chi connectivity index (χ2v) is 5.27. The number of esters is 1. The Balaban J connectivity index is 2.12. The zero-order chi connectivity index (χ0) is 16.3. The second kappa shape index (κ2) is 6.47. The van der Waals surface area contributed by atoms with Crippen molar-refractivity contribution in [3.05, 3.63) is 58.7 Å². The predicted molar refractivity (Wildman–Crippen MR) is 81.9 cm³/mol. The molecule has 1 heterocycles. The van der Waals surface area contributed by atoms with Crippen LogP contribution < -0.4 is 0 Å². The van der Waals surface area contributed by atoms with Crippen molar-refractivity contribution in [3.63, 3.8) is 0 Å². The maximum absolute atomic E-state index is 12.4. The summed E-state index contributed by atoms with van der Waals surface area (Å²) in [5, 5.41) is 0. The maximum atomic E-state index is 12.4. The van der Waals surface area contributed by atoms with Crippen LogP contribution in [-0.2, 0) is 4.74 Å². The highest BCUT2D eigenvalue weighted by Gasteiger charge is 2.22. The maximum Gasteiger partial charge on any atom is 0.359 e. The SMILES string of the molecule is Cc1ccc(C)c(C(=O)[C@H](C)OC(=O)c2cnc(C)cn2)c1. The van der Waals surface area contributed by atoms with Crippen molar-refractivity contribution in [2.75, 3.05) is 0 Å². The molecule has 114 valence electrons. The Labute approximate surface area is 129 Å². The van der Waals surface area contributed by atoms with Gasteiger partial charge in [0.05, 0.1) is 11.9 Å². The van der Waals surface area contributed by atoms with Crippen LogP contribution >= 0.6 is 0 Å². The second-order valence-electron chi connectivity index (χ2n) is 5.27. The Bertz CT molecular complexity index is 708. The number of carbonyl (C=O) groups is 2. The van der Waals surface area contributed by atoms with E-state index in [9.17, 15) is 9.59 Å². The number of ketones is 1. The Morgan fingerprint density at radius 3 is 2.45 bits per heavy atom. The fraction of sp³-hybridized carbons (Fsp3) is 0.294. The average Bonchev–Trinajstić information content (AvgIpc) is 2.49. The topological polar surface area (TPSA) is 69.2 Å². The van der Waals surface area contributed by atoms with Crippen LogP contribution in [0.4, 0.5) is 0 Å². The third-order valence-corrected chi connectivity index (χ3v) is 3.30. The van der Waals surface area contributed by atoms with Crippen molar-refractivity contribution in [1.82, 2.24) is 9.97 Å². The molecule has 0 aliphatic heterocycles. The number of rotatable bonds is 4. The summed E-state index contributed by atoms with van der Waals surface area (Å²) in [7, 11) is 0. The lowest BCUT2D eigenvalue weighted by Gasteiger charge is -2.14. The molecule has 1 aromatic carbocycles. The first-order chi connectivity index (χ1) is 10.4. The van der Waals surface area contributed by atoms with Gasteiger partial charge in [-0.25, -0.2) is 9.78 Å². The van der Waals surface area contributed by atoms with Crippen LogP contribution in [0, 0.1) is 20.8 Å². The van der Waals surface area contributed by atoms with Crippen LogP contribution in [0.3, 0.4) is 0 Å². The van der Waals surface area contributed by atoms with Crippen LogP contribution in [0.1, 0.15) is 44.6 Å². The number of carbonyl (C=O) groups excluding carboxylic acids is 2. The largest absolute Gasteiger partial charge is 0.449 e. The molecule has 0 radical (unpaired) electrons. The first kappa shape index (κ1) is 15.8. The van der Waals surface area contributed by atoms with E-state index in [1.165, 1.54) is 12.4 Å². The van der Waals surface area contributed by atoms with Crippen molar-refractivity contribution in [3.8, 4) is 0 Å². The number of ether oxygens (including phenoxy) is 1. The van der Waals surface area contributed by atoms with Crippen LogP contribution in [0.15, 0.2) is 30.6 Å². The zero-order valence-corrected chi connectivity index (χ0v) is 13.1. The molecule has 5 nitrogen and oxygen atoms in total. The number of hydrogen-bond acceptors (Lipinski definition) is 5. The first-order valence-electron chi connectivity index (χ1n) is 6.99. The van der Waals surface area contributed by atoms with E-state index in [2.05, 4.69) is 9.97 Å². The van der Waals surface area contributed by atoms with Crippen molar-refractivity contribution >= 4 is 11.8 Å². The van der Waals surface area contributed by atoms with Gasteiger partial charge in [0, 0.05) is 11.8 Å². The fourth-order valence-corrected chi connectivity index (χ4v) is 1.99. The van der Waals surface area contributed by atoms with E-state index in [0.29, 0.717) is 11.3 Å². The number of nitrogens with zero attached hydrogens (tertiary/aromatic N) is 2. The highest BCUT2D eigenvalue weighted by atomic mass is 16.5. The molecular formula is C17H18N2O3. The number of hydrogen-bond donors (Lipinski definition) is 0. The lowest BCUT2D eigenvalue weighted by atomic mass is 9.99. The molecule has 5 heteroatoms. The Morgan fingerprint density at radius 1 is 1.09 bits per heavy atom. The summed E-state index contributed by atoms with van der Waals surface area (Å²) in [4.78, 5) is 32.3. The molecule has 0 aliphatic carbocycles. The van der Waals surface area contributed by atoms with Crippen LogP contribution in [0.25, 0.3) is 0 Å². The van der Waals surface area contributed by atoms with Crippen molar-refractivity contribution in [1.29, 1.82) is 0 Å². The highest BCUT2D eigenvalue weighted by Crippen LogP contribution is 2.15. The van der Waals surface area contributed by atoms with Crippen LogP contribution in [-0.4, -0.2) is 27.8 Å². The summed E-state index contributed by atoms with van der Waals surface area (Å²) < 4.78 is 5.20. The lowest BCUT2D eigenvalue weighted by molar-refractivity contribution is 0.0312. The van der Waals surface area contributed by atoms with E-state index in [4.69, 9.17) is 4.74 Å². The van der Waals surface area contributed by atoms with Gasteiger partial charge >= 0.3 is 5.97 Å². The molecule has 1 atom stereocenters. The zero-order valence-electron chi connectivity index (χ0n) is 13.1. The molecule has 0 amide bonds. The van der Waals surface area contributed by atoms with E-state index >= 15 is 0 Å². The average molecular weight is 298 g/mol. The van der Waals surface area contributed by atoms with Crippen LogP contribution in [0.2, 0.25) is 0 Å². The van der Waals surface area contributed by atoms with Gasteiger partial charge in [0.2, 0.25) is 5.78 Å². The Kier molecular flexibility index (Phi) is 4.65. The van der Waals surface area contributed by atoms with Gasteiger partial charge < -0.3 is 4.74 Å². The lowest BCUT2D eigenvalue weighted by Crippen LogP contribution is -2.25. The first-order valence-corrected chi connectivity index (χ1v) is 6.99. The Morgan fingerprint density at radius 2 is 1.82 bits per heavy atom. The van der Waals surface area contributed by atoms with Gasteiger partial charge in [-0.3, -0.25) is 9.78 Å². The molecule has 0 N–H and O–H groups in total. The molecule has 0 fully saturated rings. The quantitative estimate of drug-likeness (QED) is 0.641. The molecule has 2 aromatic rings.